The molecule has 2 saturated heterocycles. The molecule has 3 amide bonds. The van der Waals surface area contributed by atoms with E-state index in [1.54, 1.807) is 13.8 Å². The zero-order valence-electron chi connectivity index (χ0n) is 13.1. The fourth-order valence-corrected chi connectivity index (χ4v) is 3.01. The Morgan fingerprint density at radius 3 is 2.26 bits per heavy atom. The van der Waals surface area contributed by atoms with Gasteiger partial charge in [-0.2, -0.15) is 13.2 Å². The highest BCUT2D eigenvalue weighted by atomic mass is 19.4. The van der Waals surface area contributed by atoms with Gasteiger partial charge in [0.15, 0.2) is 0 Å². The van der Waals surface area contributed by atoms with E-state index in [1.165, 1.54) is 4.90 Å². The summed E-state index contributed by atoms with van der Waals surface area (Å²) in [4.78, 5) is 37.9. The Bertz CT molecular complexity index is 511. The van der Waals surface area contributed by atoms with Gasteiger partial charge in [0, 0.05) is 32.1 Å². The summed E-state index contributed by atoms with van der Waals surface area (Å²) < 4.78 is 37.2. The van der Waals surface area contributed by atoms with Gasteiger partial charge in [-0.1, -0.05) is 0 Å². The van der Waals surface area contributed by atoms with Crippen LogP contribution in [-0.2, 0) is 14.4 Å². The first-order valence-corrected chi connectivity index (χ1v) is 7.51. The van der Waals surface area contributed by atoms with E-state index >= 15 is 0 Å². The molecule has 2 heterocycles. The third-order valence-corrected chi connectivity index (χ3v) is 4.49. The SMILES string of the molecule is CC1(C)C(=O)NCCN1C(=O)C1CCN(C(=O)C(F)(F)F)CC1. The van der Waals surface area contributed by atoms with Crippen molar-refractivity contribution in [3.05, 3.63) is 0 Å². The predicted octanol–water partition coefficient (Wildman–Crippen LogP) is 0.524. The van der Waals surface area contributed by atoms with Crippen molar-refractivity contribution in [2.75, 3.05) is 26.2 Å². The number of piperazine rings is 1. The van der Waals surface area contributed by atoms with Gasteiger partial charge in [-0.05, 0) is 26.7 Å². The number of amides is 3. The topological polar surface area (TPSA) is 69.7 Å². The van der Waals surface area contributed by atoms with Crippen molar-refractivity contribution >= 4 is 17.7 Å². The van der Waals surface area contributed by atoms with E-state index in [9.17, 15) is 27.6 Å². The van der Waals surface area contributed by atoms with Crippen molar-refractivity contribution < 1.29 is 27.6 Å². The van der Waals surface area contributed by atoms with E-state index in [2.05, 4.69) is 5.32 Å². The minimum atomic E-state index is -4.89. The molecule has 0 bridgehead atoms. The lowest BCUT2D eigenvalue weighted by molar-refractivity contribution is -0.187. The fraction of sp³-hybridized carbons (Fsp3) is 0.786. The molecule has 0 aliphatic carbocycles. The van der Waals surface area contributed by atoms with Crippen molar-refractivity contribution in [1.29, 1.82) is 0 Å². The van der Waals surface area contributed by atoms with Gasteiger partial charge < -0.3 is 15.1 Å². The summed E-state index contributed by atoms with van der Waals surface area (Å²) in [5.41, 5.74) is -0.978. The van der Waals surface area contributed by atoms with E-state index in [-0.39, 0.29) is 37.7 Å². The van der Waals surface area contributed by atoms with Crippen molar-refractivity contribution in [2.24, 2.45) is 5.92 Å². The summed E-state index contributed by atoms with van der Waals surface area (Å²) in [5, 5.41) is 2.69. The van der Waals surface area contributed by atoms with Gasteiger partial charge >= 0.3 is 12.1 Å². The number of nitrogens with one attached hydrogen (secondary N) is 1. The molecular weight excluding hydrogens is 315 g/mol. The summed E-state index contributed by atoms with van der Waals surface area (Å²) in [6.45, 7) is 3.81. The fourth-order valence-electron chi connectivity index (χ4n) is 3.01. The quantitative estimate of drug-likeness (QED) is 0.760. The molecule has 0 spiro atoms. The summed E-state index contributed by atoms with van der Waals surface area (Å²) in [5.74, 6) is -2.80. The minimum absolute atomic E-state index is 0.102. The molecule has 2 rings (SSSR count). The van der Waals surface area contributed by atoms with Gasteiger partial charge in [0.2, 0.25) is 11.8 Å². The first kappa shape index (κ1) is 17.6. The third-order valence-electron chi connectivity index (χ3n) is 4.49. The number of piperidine rings is 1. The average molecular weight is 335 g/mol. The number of hydrogen-bond donors (Lipinski definition) is 1. The lowest BCUT2D eigenvalue weighted by Gasteiger charge is -2.43. The van der Waals surface area contributed by atoms with Crippen LogP contribution in [0.2, 0.25) is 0 Å². The smallest absolute Gasteiger partial charge is 0.352 e. The van der Waals surface area contributed by atoms with Crippen LogP contribution in [0.4, 0.5) is 13.2 Å². The van der Waals surface area contributed by atoms with E-state index < -0.39 is 23.5 Å². The molecule has 2 fully saturated rings. The van der Waals surface area contributed by atoms with Crippen LogP contribution in [0.25, 0.3) is 0 Å². The Balaban J connectivity index is 1.99. The van der Waals surface area contributed by atoms with Gasteiger partial charge in [-0.3, -0.25) is 14.4 Å². The highest BCUT2D eigenvalue weighted by molar-refractivity contribution is 5.92. The minimum Gasteiger partial charge on any atom is -0.352 e. The summed E-state index contributed by atoms with van der Waals surface area (Å²) in [6, 6.07) is 0. The number of hydrogen-bond acceptors (Lipinski definition) is 3. The first-order chi connectivity index (χ1) is 10.5. The first-order valence-electron chi connectivity index (χ1n) is 7.51. The van der Waals surface area contributed by atoms with Crippen LogP contribution in [0, 0.1) is 5.92 Å². The van der Waals surface area contributed by atoms with Crippen molar-refractivity contribution in [2.45, 2.75) is 38.4 Å². The molecule has 2 aliphatic heterocycles. The molecule has 9 heteroatoms. The van der Waals surface area contributed by atoms with Crippen LogP contribution >= 0.6 is 0 Å². The molecule has 1 N–H and O–H groups in total. The Labute approximate surface area is 132 Å². The second kappa shape index (κ2) is 6.01. The van der Waals surface area contributed by atoms with E-state index in [0.717, 1.165) is 4.90 Å². The van der Waals surface area contributed by atoms with Crippen LogP contribution in [0.15, 0.2) is 0 Å². The summed E-state index contributed by atoms with van der Waals surface area (Å²) >= 11 is 0. The molecule has 0 radical (unpaired) electrons. The van der Waals surface area contributed by atoms with Gasteiger partial charge in [-0.25, -0.2) is 0 Å². The molecule has 0 aromatic carbocycles. The molecule has 2 aliphatic rings. The molecule has 6 nitrogen and oxygen atoms in total. The van der Waals surface area contributed by atoms with E-state index in [1.807, 2.05) is 0 Å². The maximum atomic E-state index is 12.6. The van der Waals surface area contributed by atoms with Crippen LogP contribution < -0.4 is 5.32 Å². The number of carbonyl (C=O) groups is 3. The standard InChI is InChI=1S/C14H20F3N3O3/c1-13(2)11(22)18-5-8-20(13)10(21)9-3-6-19(7-4-9)12(23)14(15,16)17/h9H,3-8H2,1-2H3,(H,18,22). The molecule has 0 aromatic rings. The van der Waals surface area contributed by atoms with Crippen molar-refractivity contribution in [3.8, 4) is 0 Å². The maximum Gasteiger partial charge on any atom is 0.471 e. The largest absolute Gasteiger partial charge is 0.471 e. The molecule has 0 atom stereocenters. The Kier molecular flexibility index (Phi) is 4.59. The molecule has 0 aromatic heterocycles. The van der Waals surface area contributed by atoms with Crippen molar-refractivity contribution in [3.63, 3.8) is 0 Å². The number of nitrogens with zero attached hydrogens (tertiary/aromatic N) is 2. The van der Waals surface area contributed by atoms with Crippen molar-refractivity contribution in [1.82, 2.24) is 15.1 Å². The van der Waals surface area contributed by atoms with Crippen LogP contribution in [0.5, 0.6) is 0 Å². The van der Waals surface area contributed by atoms with E-state index in [4.69, 9.17) is 0 Å². The Hall–Kier alpha value is -1.80. The second-order valence-electron chi connectivity index (χ2n) is 6.37. The van der Waals surface area contributed by atoms with Crippen LogP contribution in [0.3, 0.4) is 0 Å². The molecule has 0 unspecified atom stereocenters. The highest BCUT2D eigenvalue weighted by Crippen LogP contribution is 2.27. The van der Waals surface area contributed by atoms with Gasteiger partial charge in [-0.15, -0.1) is 0 Å². The third kappa shape index (κ3) is 3.42. The zero-order valence-corrected chi connectivity index (χ0v) is 13.1. The molecule has 23 heavy (non-hydrogen) atoms. The van der Waals surface area contributed by atoms with Crippen LogP contribution in [-0.4, -0.2) is 65.4 Å². The van der Waals surface area contributed by atoms with E-state index in [0.29, 0.717) is 13.1 Å². The number of likely N-dealkylation sites (tertiary alicyclic amines) is 1. The Morgan fingerprint density at radius 2 is 1.74 bits per heavy atom. The number of alkyl halides is 3. The molecule has 0 saturated carbocycles. The summed E-state index contributed by atoms with van der Waals surface area (Å²) in [7, 11) is 0. The highest BCUT2D eigenvalue weighted by Gasteiger charge is 2.46. The van der Waals surface area contributed by atoms with Gasteiger partial charge in [0.05, 0.1) is 0 Å². The number of rotatable bonds is 1. The Morgan fingerprint density at radius 1 is 1.17 bits per heavy atom. The monoisotopic (exact) mass is 335 g/mol. The lowest BCUT2D eigenvalue weighted by Crippen LogP contribution is -2.64. The molecule has 130 valence electrons. The second-order valence-corrected chi connectivity index (χ2v) is 6.37. The summed E-state index contributed by atoms with van der Waals surface area (Å²) in [6.07, 6.45) is -4.53. The number of carbonyl (C=O) groups excluding carboxylic acids is 3. The number of halogens is 3. The van der Waals surface area contributed by atoms with Gasteiger partial charge in [0.25, 0.3) is 0 Å². The normalized spacial score (nSPS) is 22.7. The maximum absolute atomic E-state index is 12.6. The lowest BCUT2D eigenvalue weighted by atomic mass is 9.91. The van der Waals surface area contributed by atoms with Crippen LogP contribution in [0.1, 0.15) is 26.7 Å². The molecular formula is C14H20F3N3O3. The average Bonchev–Trinajstić information content (AvgIpc) is 2.48. The zero-order chi connectivity index (χ0) is 17.4. The predicted molar refractivity (Wildman–Crippen MR) is 74.2 cm³/mol. The van der Waals surface area contributed by atoms with Gasteiger partial charge in [0.1, 0.15) is 5.54 Å².